The molecule has 0 bridgehead atoms. The lowest BCUT2D eigenvalue weighted by Crippen LogP contribution is -1.77. The van der Waals surface area contributed by atoms with E-state index in [1.807, 2.05) is 12.1 Å². The molecule has 76 valence electrons. The van der Waals surface area contributed by atoms with Crippen molar-refractivity contribution in [1.29, 1.82) is 0 Å². The molecule has 2 N–H and O–H groups in total. The molecule has 0 spiro atoms. The second kappa shape index (κ2) is 3.04. The van der Waals surface area contributed by atoms with Crippen molar-refractivity contribution in [3.8, 4) is 11.5 Å². The van der Waals surface area contributed by atoms with Gasteiger partial charge in [-0.25, -0.2) is 0 Å². The number of fused-ring (bicyclic) bond motifs is 2. The summed E-state index contributed by atoms with van der Waals surface area (Å²) in [5.41, 5.74) is 0. The van der Waals surface area contributed by atoms with Crippen LogP contribution in [0.3, 0.4) is 0 Å². The van der Waals surface area contributed by atoms with Crippen LogP contribution < -0.4 is 0 Å². The van der Waals surface area contributed by atoms with Crippen LogP contribution in [0.5, 0.6) is 11.5 Å². The lowest BCUT2D eigenvalue weighted by molar-refractivity contribution is 0.481. The first-order chi connectivity index (χ1) is 7.75. The predicted molar refractivity (Wildman–Crippen MR) is 62.5 cm³/mol. The van der Waals surface area contributed by atoms with Gasteiger partial charge in [-0.3, -0.25) is 0 Å². The van der Waals surface area contributed by atoms with Gasteiger partial charge in [0, 0.05) is 10.8 Å². The summed E-state index contributed by atoms with van der Waals surface area (Å²) in [5.74, 6) is 0.272. The van der Waals surface area contributed by atoms with E-state index in [4.69, 9.17) is 0 Å². The molecule has 0 aromatic heterocycles. The maximum absolute atomic E-state index is 9.72. The zero-order chi connectivity index (χ0) is 11.1. The standard InChI is InChI=1S/C14H8O2/c15-13-5-1-3-9-7-10-4-2-6-14(16)12(10)8-11(9)13/h1,3-5,7-8,15-16H. The maximum Gasteiger partial charge on any atom is 0.175 e. The van der Waals surface area contributed by atoms with Gasteiger partial charge in [-0.15, -0.1) is 0 Å². The normalized spacial score (nSPS) is 10.5. The third kappa shape index (κ3) is 1.15. The van der Waals surface area contributed by atoms with Gasteiger partial charge in [0.05, 0.1) is 0 Å². The number of hydrogen-bond acceptors (Lipinski definition) is 2. The van der Waals surface area contributed by atoms with Gasteiger partial charge in [-0.1, -0.05) is 18.2 Å². The van der Waals surface area contributed by atoms with Crippen LogP contribution >= 0.6 is 0 Å². The van der Waals surface area contributed by atoms with Crippen LogP contribution in [-0.4, -0.2) is 10.2 Å². The molecule has 0 unspecified atom stereocenters. The first-order valence-electron chi connectivity index (χ1n) is 4.92. The summed E-state index contributed by atoms with van der Waals surface area (Å²) in [7, 11) is 0. The van der Waals surface area contributed by atoms with Crippen molar-refractivity contribution in [2.24, 2.45) is 0 Å². The van der Waals surface area contributed by atoms with Crippen LogP contribution in [0.15, 0.2) is 36.4 Å². The molecule has 2 nitrogen and oxygen atoms in total. The fraction of sp³-hybridized carbons (Fsp3) is 0. The fourth-order valence-corrected chi connectivity index (χ4v) is 1.90. The average molecular weight is 208 g/mol. The second-order valence-electron chi connectivity index (χ2n) is 3.70. The Balaban J connectivity index is 2.55. The third-order valence-corrected chi connectivity index (χ3v) is 2.70. The molecule has 0 saturated heterocycles. The van der Waals surface area contributed by atoms with E-state index in [9.17, 15) is 10.2 Å². The molecule has 0 atom stereocenters. The lowest BCUT2D eigenvalue weighted by atomic mass is 10.0. The minimum atomic E-state index is 0.0580. The Bertz CT molecular complexity index is 630. The van der Waals surface area contributed by atoms with Crippen molar-refractivity contribution < 1.29 is 10.2 Å². The highest BCUT2D eigenvalue weighted by molar-refractivity contribution is 6.02. The van der Waals surface area contributed by atoms with E-state index >= 15 is 0 Å². The number of phenols is 1. The molecule has 0 heterocycles. The molecule has 0 aliphatic heterocycles. The molecule has 3 aromatic rings. The molecular formula is C14H8O2. The quantitative estimate of drug-likeness (QED) is 0.596. The largest absolute Gasteiger partial charge is 0.507 e. The Hall–Kier alpha value is -2.40. The van der Waals surface area contributed by atoms with Gasteiger partial charge in [0.1, 0.15) is 5.75 Å². The lowest BCUT2D eigenvalue weighted by Gasteiger charge is -2.03. The maximum atomic E-state index is 9.72. The van der Waals surface area contributed by atoms with Crippen LogP contribution in [0, 0.1) is 12.1 Å². The van der Waals surface area contributed by atoms with Crippen molar-refractivity contribution in [2.75, 3.05) is 0 Å². The number of benzene rings is 2. The van der Waals surface area contributed by atoms with Gasteiger partial charge < -0.3 is 10.2 Å². The number of hydrogen-bond donors (Lipinski definition) is 2. The van der Waals surface area contributed by atoms with Crippen LogP contribution in [-0.2, 0) is 0 Å². The monoisotopic (exact) mass is 208 g/mol. The summed E-state index contributed by atoms with van der Waals surface area (Å²) in [6, 6.07) is 16.1. The molecule has 0 aliphatic carbocycles. The predicted octanol–water partition coefficient (Wildman–Crippen LogP) is 3.00. The van der Waals surface area contributed by atoms with Crippen molar-refractivity contribution in [1.82, 2.24) is 0 Å². The second-order valence-corrected chi connectivity index (χ2v) is 3.70. The van der Waals surface area contributed by atoms with Crippen molar-refractivity contribution in [2.45, 2.75) is 0 Å². The van der Waals surface area contributed by atoms with Crippen LogP contribution in [0.4, 0.5) is 0 Å². The van der Waals surface area contributed by atoms with E-state index in [2.05, 4.69) is 12.1 Å². The van der Waals surface area contributed by atoms with E-state index < -0.39 is 0 Å². The SMILES string of the molecule is Oc1c#ccc2cc3cccc(O)c3cc12. The number of rotatable bonds is 0. The summed E-state index contributed by atoms with van der Waals surface area (Å²) >= 11 is 0. The Morgan fingerprint density at radius 3 is 2.69 bits per heavy atom. The number of aromatic hydroxyl groups is 2. The molecule has 0 fully saturated rings. The summed E-state index contributed by atoms with van der Waals surface area (Å²) in [6.07, 6.45) is 0. The minimum Gasteiger partial charge on any atom is -0.507 e. The zero-order valence-corrected chi connectivity index (χ0v) is 8.36. The zero-order valence-electron chi connectivity index (χ0n) is 8.36. The van der Waals surface area contributed by atoms with Crippen LogP contribution in [0.25, 0.3) is 21.5 Å². The first kappa shape index (κ1) is 8.87. The van der Waals surface area contributed by atoms with Gasteiger partial charge in [0.2, 0.25) is 0 Å². The van der Waals surface area contributed by atoms with Gasteiger partial charge in [0.25, 0.3) is 0 Å². The van der Waals surface area contributed by atoms with Gasteiger partial charge in [0.15, 0.2) is 5.75 Å². The van der Waals surface area contributed by atoms with Crippen LogP contribution in [0.1, 0.15) is 0 Å². The molecule has 0 radical (unpaired) electrons. The smallest absolute Gasteiger partial charge is 0.175 e. The van der Waals surface area contributed by atoms with E-state index in [1.54, 1.807) is 24.3 Å². The van der Waals surface area contributed by atoms with Gasteiger partial charge >= 0.3 is 0 Å². The Morgan fingerprint density at radius 2 is 1.81 bits per heavy atom. The van der Waals surface area contributed by atoms with E-state index in [-0.39, 0.29) is 11.5 Å². The van der Waals surface area contributed by atoms with Gasteiger partial charge in [-0.05, 0) is 41.1 Å². The molecule has 2 heteroatoms. The molecule has 3 aromatic carbocycles. The van der Waals surface area contributed by atoms with Crippen molar-refractivity contribution in [3.05, 3.63) is 48.5 Å². The van der Waals surface area contributed by atoms with Crippen molar-refractivity contribution >= 4 is 21.5 Å². The first-order valence-corrected chi connectivity index (χ1v) is 4.92. The Kier molecular flexibility index (Phi) is 1.69. The molecule has 0 saturated carbocycles. The van der Waals surface area contributed by atoms with E-state index in [1.165, 1.54) is 0 Å². The summed E-state index contributed by atoms with van der Waals surface area (Å²) in [6.45, 7) is 0. The number of phenolic OH excluding ortho intramolecular Hbond substituents is 1. The highest BCUT2D eigenvalue weighted by Gasteiger charge is 2.04. The van der Waals surface area contributed by atoms with E-state index in [0.717, 1.165) is 16.2 Å². The summed E-state index contributed by atoms with van der Waals surface area (Å²) < 4.78 is 0. The average Bonchev–Trinajstić information content (AvgIpc) is 2.28. The molecular weight excluding hydrogens is 200 g/mol. The van der Waals surface area contributed by atoms with Crippen molar-refractivity contribution in [3.63, 3.8) is 0 Å². The molecule has 0 aliphatic rings. The molecule has 16 heavy (non-hydrogen) atoms. The molecule has 3 rings (SSSR count). The van der Waals surface area contributed by atoms with Crippen LogP contribution in [0.2, 0.25) is 0 Å². The molecule has 0 amide bonds. The Morgan fingerprint density at radius 1 is 0.938 bits per heavy atom. The Labute approximate surface area is 92.4 Å². The highest BCUT2D eigenvalue weighted by Crippen LogP contribution is 2.31. The summed E-state index contributed by atoms with van der Waals surface area (Å²) in [5, 5.41) is 22.6. The van der Waals surface area contributed by atoms with Gasteiger partial charge in [-0.2, -0.15) is 0 Å². The topological polar surface area (TPSA) is 40.5 Å². The highest BCUT2D eigenvalue weighted by atomic mass is 16.3. The third-order valence-electron chi connectivity index (χ3n) is 2.70. The fourth-order valence-electron chi connectivity index (χ4n) is 1.90. The van der Waals surface area contributed by atoms with E-state index in [0.29, 0.717) is 5.39 Å². The minimum absolute atomic E-state index is 0.0580. The summed E-state index contributed by atoms with van der Waals surface area (Å²) in [4.78, 5) is 0.